The maximum atomic E-state index is 11.7. The minimum atomic E-state index is -1.07. The molecule has 0 saturated carbocycles. The molecule has 29 heavy (non-hydrogen) atoms. The van der Waals surface area contributed by atoms with Gasteiger partial charge in [0.25, 0.3) is 0 Å². The van der Waals surface area contributed by atoms with Gasteiger partial charge in [-0.05, 0) is 0 Å². The van der Waals surface area contributed by atoms with E-state index < -0.39 is 42.4 Å². The molecule has 4 atom stereocenters. The Balaban J connectivity index is 2.03. The second-order valence-electron chi connectivity index (χ2n) is 6.17. The summed E-state index contributed by atoms with van der Waals surface area (Å²) in [6.07, 6.45) is -1.50. The van der Waals surface area contributed by atoms with E-state index in [1.165, 1.54) is 38.0 Å². The Morgan fingerprint density at radius 1 is 1.10 bits per heavy atom. The van der Waals surface area contributed by atoms with Gasteiger partial charge in [0.15, 0.2) is 29.8 Å². The second-order valence-corrected chi connectivity index (χ2v) is 6.17. The lowest BCUT2D eigenvalue weighted by atomic mass is 10.1. The third-order valence-electron chi connectivity index (χ3n) is 4.08. The van der Waals surface area contributed by atoms with Crippen LogP contribution in [0, 0.1) is 11.3 Å². The predicted octanol–water partition coefficient (Wildman–Crippen LogP) is 0.0219. The maximum Gasteiger partial charge on any atom is 0.303 e. The molecule has 1 saturated heterocycles. The molecule has 2 aromatic heterocycles. The average Bonchev–Trinajstić information content (AvgIpc) is 3.21. The fourth-order valence-electron chi connectivity index (χ4n) is 3.04. The largest absolute Gasteiger partial charge is 0.463 e. The summed E-state index contributed by atoms with van der Waals surface area (Å²) in [6.45, 7) is 3.39. The number of rotatable bonds is 5. The topological polar surface area (TPSA) is 156 Å². The zero-order chi connectivity index (χ0) is 21.1. The van der Waals surface area contributed by atoms with Crippen LogP contribution in [0.25, 0.3) is 11.2 Å². The number of esters is 3. The Kier molecular flexibility index (Phi) is 5.69. The van der Waals surface area contributed by atoms with Crippen molar-refractivity contribution in [1.29, 1.82) is 5.26 Å². The number of imidazole rings is 1. The van der Waals surface area contributed by atoms with Crippen molar-refractivity contribution in [1.82, 2.24) is 19.5 Å². The standard InChI is InChI=1S/C17H17N5O7/c1-8(23)26-5-12-14(27-9(2)24)15(28-10(3)25)17(29-12)22-7-21-13-11(4-18)19-6-20-16(13)22/h6-7,12,14-15,17H,5H2,1-3H3/t12-,14-,15-,17-/m1/s1. The molecule has 0 spiro atoms. The number of ether oxygens (including phenoxy) is 4. The van der Waals surface area contributed by atoms with Crippen molar-refractivity contribution < 1.29 is 33.3 Å². The van der Waals surface area contributed by atoms with Crippen LogP contribution in [0.3, 0.4) is 0 Å². The monoisotopic (exact) mass is 403 g/mol. The van der Waals surface area contributed by atoms with Crippen molar-refractivity contribution in [3.63, 3.8) is 0 Å². The Labute approximate surface area is 164 Å². The van der Waals surface area contributed by atoms with E-state index in [-0.39, 0.29) is 23.5 Å². The molecule has 0 N–H and O–H groups in total. The second kappa shape index (κ2) is 8.19. The highest BCUT2D eigenvalue weighted by Crippen LogP contribution is 2.36. The van der Waals surface area contributed by atoms with Crippen molar-refractivity contribution in [2.24, 2.45) is 0 Å². The summed E-state index contributed by atoms with van der Waals surface area (Å²) in [5.74, 6) is -1.82. The van der Waals surface area contributed by atoms with Gasteiger partial charge >= 0.3 is 17.9 Å². The van der Waals surface area contributed by atoms with Gasteiger partial charge in [0, 0.05) is 20.8 Å². The number of carbonyl (C=O) groups is 3. The molecule has 1 aliphatic heterocycles. The summed E-state index contributed by atoms with van der Waals surface area (Å²) in [6, 6.07) is 1.91. The van der Waals surface area contributed by atoms with Crippen LogP contribution in [0.1, 0.15) is 32.7 Å². The summed E-state index contributed by atoms with van der Waals surface area (Å²) in [7, 11) is 0. The summed E-state index contributed by atoms with van der Waals surface area (Å²) >= 11 is 0. The quantitative estimate of drug-likeness (QED) is 0.490. The SMILES string of the molecule is CC(=O)OC[C@H]1O[C@@H](n2cnc3c(C#N)ncnc32)[C@H](OC(C)=O)[C@@H]1OC(C)=O. The van der Waals surface area contributed by atoms with Gasteiger partial charge in [-0.15, -0.1) is 0 Å². The first-order chi connectivity index (χ1) is 13.8. The molecule has 1 fully saturated rings. The highest BCUT2D eigenvalue weighted by Gasteiger charge is 2.51. The molecule has 0 unspecified atom stereocenters. The van der Waals surface area contributed by atoms with Gasteiger partial charge in [-0.1, -0.05) is 0 Å². The van der Waals surface area contributed by atoms with Crippen LogP contribution in [-0.4, -0.2) is 62.3 Å². The summed E-state index contributed by atoms with van der Waals surface area (Å²) < 4.78 is 23.0. The molecule has 12 nitrogen and oxygen atoms in total. The van der Waals surface area contributed by atoms with E-state index in [9.17, 15) is 19.6 Å². The van der Waals surface area contributed by atoms with E-state index in [1.807, 2.05) is 6.07 Å². The molecule has 2 aromatic rings. The summed E-state index contributed by atoms with van der Waals surface area (Å²) in [5, 5.41) is 9.19. The molecule has 3 rings (SSSR count). The molecule has 152 valence electrons. The number of nitrogens with zero attached hydrogens (tertiary/aromatic N) is 5. The van der Waals surface area contributed by atoms with Crippen molar-refractivity contribution in [2.45, 2.75) is 45.3 Å². The van der Waals surface area contributed by atoms with Gasteiger partial charge in [-0.25, -0.2) is 15.0 Å². The molecular formula is C17H17N5O7. The smallest absolute Gasteiger partial charge is 0.303 e. The highest BCUT2D eigenvalue weighted by atomic mass is 16.7. The van der Waals surface area contributed by atoms with Crippen molar-refractivity contribution >= 4 is 29.1 Å². The summed E-state index contributed by atoms with van der Waals surface area (Å²) in [4.78, 5) is 46.6. The van der Waals surface area contributed by atoms with E-state index >= 15 is 0 Å². The van der Waals surface area contributed by atoms with Crippen LogP contribution in [0.2, 0.25) is 0 Å². The van der Waals surface area contributed by atoms with E-state index in [4.69, 9.17) is 18.9 Å². The van der Waals surface area contributed by atoms with Crippen LogP contribution < -0.4 is 0 Å². The molecular weight excluding hydrogens is 386 g/mol. The normalized spacial score (nSPS) is 23.4. The van der Waals surface area contributed by atoms with Gasteiger partial charge in [-0.2, -0.15) is 5.26 Å². The minimum absolute atomic E-state index is 0.0591. The number of hydrogen-bond acceptors (Lipinski definition) is 11. The molecule has 0 bridgehead atoms. The van der Waals surface area contributed by atoms with Crippen LogP contribution in [0.5, 0.6) is 0 Å². The summed E-state index contributed by atoms with van der Waals surface area (Å²) in [5.41, 5.74) is 0.546. The van der Waals surface area contributed by atoms with Gasteiger partial charge < -0.3 is 18.9 Å². The molecule has 0 aliphatic carbocycles. The Morgan fingerprint density at radius 2 is 1.79 bits per heavy atom. The first-order valence-corrected chi connectivity index (χ1v) is 8.52. The van der Waals surface area contributed by atoms with Crippen LogP contribution in [0.4, 0.5) is 0 Å². The number of carbonyl (C=O) groups excluding carboxylic acids is 3. The Morgan fingerprint density at radius 3 is 2.41 bits per heavy atom. The Bertz CT molecular complexity index is 998. The van der Waals surface area contributed by atoms with Crippen molar-refractivity contribution in [2.75, 3.05) is 6.61 Å². The number of nitriles is 1. The first-order valence-electron chi connectivity index (χ1n) is 8.52. The maximum absolute atomic E-state index is 11.7. The molecule has 0 aromatic carbocycles. The molecule has 12 heteroatoms. The minimum Gasteiger partial charge on any atom is -0.463 e. The van der Waals surface area contributed by atoms with Crippen molar-refractivity contribution in [3.8, 4) is 6.07 Å². The number of fused-ring (bicyclic) bond motifs is 1. The van der Waals surface area contributed by atoms with E-state index in [0.29, 0.717) is 0 Å². The van der Waals surface area contributed by atoms with Crippen LogP contribution in [-0.2, 0) is 33.3 Å². The van der Waals surface area contributed by atoms with Gasteiger partial charge in [0.1, 0.15) is 30.6 Å². The predicted molar refractivity (Wildman–Crippen MR) is 91.7 cm³/mol. The fraction of sp³-hybridized carbons (Fsp3) is 0.471. The third-order valence-corrected chi connectivity index (χ3v) is 4.08. The average molecular weight is 403 g/mol. The van der Waals surface area contributed by atoms with Crippen LogP contribution in [0.15, 0.2) is 12.7 Å². The lowest BCUT2D eigenvalue weighted by Gasteiger charge is -2.23. The molecule has 0 radical (unpaired) electrons. The van der Waals surface area contributed by atoms with Gasteiger partial charge in [0.05, 0.1) is 6.33 Å². The first kappa shape index (κ1) is 20.2. The molecule has 0 amide bonds. The Hall–Kier alpha value is -3.59. The molecule has 1 aliphatic rings. The van der Waals surface area contributed by atoms with Crippen molar-refractivity contribution in [3.05, 3.63) is 18.3 Å². The van der Waals surface area contributed by atoms with Gasteiger partial charge in [0.2, 0.25) is 0 Å². The zero-order valence-corrected chi connectivity index (χ0v) is 15.8. The molecule has 3 heterocycles. The lowest BCUT2D eigenvalue weighted by molar-refractivity contribution is -0.166. The van der Waals surface area contributed by atoms with Crippen LogP contribution >= 0.6 is 0 Å². The fourth-order valence-corrected chi connectivity index (χ4v) is 3.04. The number of aromatic nitrogens is 4. The highest BCUT2D eigenvalue weighted by molar-refractivity contribution is 5.76. The number of hydrogen-bond donors (Lipinski definition) is 0. The zero-order valence-electron chi connectivity index (χ0n) is 15.8. The van der Waals surface area contributed by atoms with E-state index in [2.05, 4.69) is 15.0 Å². The lowest BCUT2D eigenvalue weighted by Crippen LogP contribution is -2.40. The third kappa shape index (κ3) is 4.14. The van der Waals surface area contributed by atoms with Gasteiger partial charge in [-0.3, -0.25) is 19.0 Å². The van der Waals surface area contributed by atoms with E-state index in [0.717, 1.165) is 0 Å². The van der Waals surface area contributed by atoms with E-state index in [1.54, 1.807) is 0 Å².